The van der Waals surface area contributed by atoms with Gasteiger partial charge in [-0.1, -0.05) is 13.8 Å². The van der Waals surface area contributed by atoms with E-state index in [0.717, 1.165) is 0 Å². The summed E-state index contributed by atoms with van der Waals surface area (Å²) in [5.74, 6) is -0.982. The smallest absolute Gasteiger partial charge is 0.158 e. The van der Waals surface area contributed by atoms with Gasteiger partial charge in [0.2, 0.25) is 0 Å². The number of rotatable bonds is 4. The largest absolute Gasteiger partial charge is 0.385 e. The molecule has 0 heterocycles. The first-order valence-electron chi connectivity index (χ1n) is 3.72. The van der Waals surface area contributed by atoms with Crippen molar-refractivity contribution in [1.82, 2.24) is 0 Å². The molecule has 2 unspecified atom stereocenters. The van der Waals surface area contributed by atoms with Gasteiger partial charge < -0.3 is 5.11 Å². The van der Waals surface area contributed by atoms with Crippen molar-refractivity contribution in [3.63, 3.8) is 0 Å². The van der Waals surface area contributed by atoms with E-state index in [9.17, 15) is 9.59 Å². The topological polar surface area (TPSA) is 54.4 Å². The number of aliphatic hydroxyl groups is 1. The van der Waals surface area contributed by atoms with E-state index in [0.29, 0.717) is 6.42 Å². The van der Waals surface area contributed by atoms with E-state index >= 15 is 0 Å². The number of Topliss-reactive ketones (excluding diaryl/α,β-unsaturated/α-hetero) is 2. The average Bonchev–Trinajstić information content (AvgIpc) is 2.00. The Hall–Kier alpha value is -0.700. The maximum Gasteiger partial charge on any atom is 0.158 e. The lowest BCUT2D eigenvalue weighted by atomic mass is 9.96. The number of hydrogen-bond acceptors (Lipinski definition) is 3. The molecule has 0 aliphatic heterocycles. The molecule has 0 aliphatic carbocycles. The highest BCUT2D eigenvalue weighted by Gasteiger charge is 2.23. The molecular formula is C8H14O3. The lowest BCUT2D eigenvalue weighted by molar-refractivity contribution is -0.135. The molecule has 0 saturated heterocycles. The molecule has 64 valence electrons. The molecule has 0 amide bonds. The van der Waals surface area contributed by atoms with E-state index in [2.05, 4.69) is 0 Å². The third-order valence-electron chi connectivity index (χ3n) is 1.75. The molecule has 0 rings (SSSR count). The lowest BCUT2D eigenvalue weighted by Gasteiger charge is -2.13. The summed E-state index contributed by atoms with van der Waals surface area (Å²) in [5, 5.41) is 9.13. The Balaban J connectivity index is 4.12. The van der Waals surface area contributed by atoms with Crippen LogP contribution in [0.25, 0.3) is 0 Å². The van der Waals surface area contributed by atoms with Crippen molar-refractivity contribution in [2.75, 3.05) is 0 Å². The van der Waals surface area contributed by atoms with Gasteiger partial charge in [0.15, 0.2) is 5.78 Å². The SMILES string of the molecule is CCC(=O)C(C)C(O)C(C)=O. The van der Waals surface area contributed by atoms with Crippen molar-refractivity contribution in [2.45, 2.75) is 33.3 Å². The van der Waals surface area contributed by atoms with Gasteiger partial charge in [-0.15, -0.1) is 0 Å². The first kappa shape index (κ1) is 10.3. The molecule has 2 atom stereocenters. The van der Waals surface area contributed by atoms with Gasteiger partial charge in [-0.2, -0.15) is 0 Å². The van der Waals surface area contributed by atoms with Gasteiger partial charge in [-0.3, -0.25) is 9.59 Å². The molecule has 0 bridgehead atoms. The zero-order chi connectivity index (χ0) is 9.02. The normalized spacial score (nSPS) is 15.6. The number of aliphatic hydroxyl groups excluding tert-OH is 1. The average molecular weight is 158 g/mol. The Labute approximate surface area is 66.4 Å². The number of ketones is 2. The molecule has 3 heteroatoms. The van der Waals surface area contributed by atoms with Crippen molar-refractivity contribution >= 4 is 11.6 Å². The van der Waals surface area contributed by atoms with Crippen LogP contribution < -0.4 is 0 Å². The Morgan fingerprint density at radius 3 is 2.18 bits per heavy atom. The Bertz CT molecular complexity index is 163. The Morgan fingerprint density at radius 2 is 1.91 bits per heavy atom. The van der Waals surface area contributed by atoms with Crippen LogP contribution in [0.15, 0.2) is 0 Å². The number of carbonyl (C=O) groups excluding carboxylic acids is 2. The van der Waals surface area contributed by atoms with Crippen LogP contribution in [-0.4, -0.2) is 22.8 Å². The minimum absolute atomic E-state index is 0.0762. The summed E-state index contributed by atoms with van der Waals surface area (Å²) in [5.41, 5.74) is 0. The van der Waals surface area contributed by atoms with Crippen molar-refractivity contribution in [2.24, 2.45) is 5.92 Å². The van der Waals surface area contributed by atoms with Crippen molar-refractivity contribution < 1.29 is 14.7 Å². The summed E-state index contributed by atoms with van der Waals surface area (Å²) >= 11 is 0. The third-order valence-corrected chi connectivity index (χ3v) is 1.75. The molecule has 0 aliphatic rings. The van der Waals surface area contributed by atoms with Crippen LogP contribution in [-0.2, 0) is 9.59 Å². The van der Waals surface area contributed by atoms with E-state index in [1.54, 1.807) is 13.8 Å². The summed E-state index contributed by atoms with van der Waals surface area (Å²) in [6.45, 7) is 4.56. The minimum atomic E-state index is -1.12. The summed E-state index contributed by atoms with van der Waals surface area (Å²) in [7, 11) is 0. The van der Waals surface area contributed by atoms with Crippen LogP contribution in [0.3, 0.4) is 0 Å². The summed E-state index contributed by atoms with van der Waals surface area (Å²) < 4.78 is 0. The molecular weight excluding hydrogens is 144 g/mol. The van der Waals surface area contributed by atoms with Crippen LogP contribution in [0.2, 0.25) is 0 Å². The van der Waals surface area contributed by atoms with Crippen molar-refractivity contribution in [3.8, 4) is 0 Å². The fraction of sp³-hybridized carbons (Fsp3) is 0.750. The molecule has 0 aromatic rings. The fourth-order valence-corrected chi connectivity index (χ4v) is 0.850. The van der Waals surface area contributed by atoms with Gasteiger partial charge in [0.1, 0.15) is 11.9 Å². The van der Waals surface area contributed by atoms with Crippen molar-refractivity contribution in [1.29, 1.82) is 0 Å². The third kappa shape index (κ3) is 2.80. The van der Waals surface area contributed by atoms with E-state index in [1.165, 1.54) is 6.92 Å². The molecule has 1 N–H and O–H groups in total. The van der Waals surface area contributed by atoms with Gasteiger partial charge in [0.25, 0.3) is 0 Å². The van der Waals surface area contributed by atoms with Crippen LogP contribution in [0.4, 0.5) is 0 Å². The molecule has 0 radical (unpaired) electrons. The van der Waals surface area contributed by atoms with Crippen LogP contribution in [0.5, 0.6) is 0 Å². The molecule has 0 spiro atoms. The number of carbonyl (C=O) groups is 2. The fourth-order valence-electron chi connectivity index (χ4n) is 0.850. The summed E-state index contributed by atoms with van der Waals surface area (Å²) in [6, 6.07) is 0. The van der Waals surface area contributed by atoms with Crippen LogP contribution in [0, 0.1) is 5.92 Å². The molecule has 0 fully saturated rings. The molecule has 0 saturated carbocycles. The van der Waals surface area contributed by atoms with E-state index in [1.807, 2.05) is 0 Å². The lowest BCUT2D eigenvalue weighted by Crippen LogP contribution is -2.30. The standard InChI is InChI=1S/C8H14O3/c1-4-7(10)5(2)8(11)6(3)9/h5,8,11H,4H2,1-3H3. The van der Waals surface area contributed by atoms with Crippen molar-refractivity contribution in [3.05, 3.63) is 0 Å². The van der Waals surface area contributed by atoms with E-state index in [-0.39, 0.29) is 11.6 Å². The zero-order valence-corrected chi connectivity index (χ0v) is 7.13. The second-order valence-corrected chi connectivity index (χ2v) is 2.66. The first-order chi connectivity index (χ1) is 5.00. The Morgan fingerprint density at radius 1 is 1.45 bits per heavy atom. The van der Waals surface area contributed by atoms with Gasteiger partial charge in [0, 0.05) is 12.3 Å². The van der Waals surface area contributed by atoms with E-state index in [4.69, 9.17) is 5.11 Å². The zero-order valence-electron chi connectivity index (χ0n) is 7.13. The predicted octanol–water partition coefficient (Wildman–Crippen LogP) is 0.551. The maximum atomic E-state index is 10.9. The monoisotopic (exact) mass is 158 g/mol. The van der Waals surface area contributed by atoms with Crippen LogP contribution >= 0.6 is 0 Å². The minimum Gasteiger partial charge on any atom is -0.385 e. The highest BCUT2D eigenvalue weighted by molar-refractivity contribution is 5.89. The second kappa shape index (κ2) is 4.23. The molecule has 0 aromatic carbocycles. The van der Waals surface area contributed by atoms with Gasteiger partial charge >= 0.3 is 0 Å². The van der Waals surface area contributed by atoms with Gasteiger partial charge in [-0.25, -0.2) is 0 Å². The number of hydrogen-bond donors (Lipinski definition) is 1. The highest BCUT2D eigenvalue weighted by atomic mass is 16.3. The van der Waals surface area contributed by atoms with Gasteiger partial charge in [-0.05, 0) is 6.92 Å². The van der Waals surface area contributed by atoms with Crippen LogP contribution in [0.1, 0.15) is 27.2 Å². The highest BCUT2D eigenvalue weighted by Crippen LogP contribution is 2.07. The van der Waals surface area contributed by atoms with E-state index < -0.39 is 12.0 Å². The molecule has 0 aromatic heterocycles. The van der Waals surface area contributed by atoms with Gasteiger partial charge in [0.05, 0.1) is 0 Å². The summed E-state index contributed by atoms with van der Waals surface area (Å²) in [6.07, 6.45) is -0.756. The Kier molecular flexibility index (Phi) is 3.97. The second-order valence-electron chi connectivity index (χ2n) is 2.66. The quantitative estimate of drug-likeness (QED) is 0.650. The maximum absolute atomic E-state index is 10.9. The predicted molar refractivity (Wildman–Crippen MR) is 41.1 cm³/mol. The molecule has 11 heavy (non-hydrogen) atoms. The first-order valence-corrected chi connectivity index (χ1v) is 3.72. The molecule has 3 nitrogen and oxygen atoms in total. The summed E-state index contributed by atoms with van der Waals surface area (Å²) in [4.78, 5) is 21.5.